The van der Waals surface area contributed by atoms with Gasteiger partial charge in [-0.05, 0) is 146 Å². The fourth-order valence-corrected chi connectivity index (χ4v) is 10.5. The molecular formula is C60H50. The van der Waals surface area contributed by atoms with E-state index < -0.39 is 0 Å². The highest BCUT2D eigenvalue weighted by Crippen LogP contribution is 2.61. The van der Waals surface area contributed by atoms with Crippen LogP contribution in [0.15, 0.2) is 182 Å². The van der Waals surface area contributed by atoms with Crippen LogP contribution >= 0.6 is 0 Å². The molecule has 0 saturated carbocycles. The van der Waals surface area contributed by atoms with Crippen molar-refractivity contribution in [2.75, 3.05) is 0 Å². The van der Waals surface area contributed by atoms with Crippen LogP contribution in [-0.2, 0) is 10.8 Å². The van der Waals surface area contributed by atoms with E-state index in [9.17, 15) is 0 Å². The van der Waals surface area contributed by atoms with Crippen LogP contribution in [0.25, 0.3) is 66.1 Å². The van der Waals surface area contributed by atoms with Crippen molar-refractivity contribution in [2.45, 2.75) is 64.2 Å². The van der Waals surface area contributed by atoms with Crippen molar-refractivity contribution in [3.05, 3.63) is 226 Å². The Kier molecular flexibility index (Phi) is 8.24. The van der Waals surface area contributed by atoms with Gasteiger partial charge >= 0.3 is 0 Å². The lowest BCUT2D eigenvalue weighted by molar-refractivity contribution is 0.590. The lowest BCUT2D eigenvalue weighted by Crippen LogP contribution is -2.28. The number of hydrogen-bond donors (Lipinski definition) is 0. The number of benzene rings is 9. The molecule has 2 bridgehead atoms. The van der Waals surface area contributed by atoms with E-state index in [4.69, 9.17) is 0 Å². The minimum absolute atomic E-state index is 0.0793. The van der Waals surface area contributed by atoms with Gasteiger partial charge in [-0.3, -0.25) is 0 Å². The van der Waals surface area contributed by atoms with E-state index in [1.165, 1.54) is 111 Å². The standard InChI is InChI=1S/C60H50/c1-59(2,3)43-27-23-37(24-28-43)51-33-39-15-7-9-17-41(39)35-53(51)49-31-32-50(58-56-47-21-13-11-19-45(47)55(57(49)58)46-20-12-14-22-48(46)56)54-36-42-18-10-8-16-40(42)34-52(54)38-25-29-44(30-26-38)60(4,5)6/h7-36,55-56H,1-6H3. The second kappa shape index (κ2) is 13.5. The summed E-state index contributed by atoms with van der Waals surface area (Å²) < 4.78 is 0. The van der Waals surface area contributed by atoms with E-state index in [0.29, 0.717) is 0 Å². The molecule has 60 heavy (non-hydrogen) atoms. The summed E-state index contributed by atoms with van der Waals surface area (Å²) in [5.74, 6) is 0.204. The van der Waals surface area contributed by atoms with Gasteiger partial charge in [0.15, 0.2) is 0 Å². The number of hydrogen-bond acceptors (Lipinski definition) is 0. The minimum Gasteiger partial charge on any atom is -0.0619 e. The van der Waals surface area contributed by atoms with Gasteiger partial charge < -0.3 is 0 Å². The van der Waals surface area contributed by atoms with Crippen molar-refractivity contribution >= 4 is 21.5 Å². The van der Waals surface area contributed by atoms with Crippen LogP contribution in [0.4, 0.5) is 0 Å². The predicted octanol–water partition coefficient (Wildman–Crippen LogP) is 16.2. The van der Waals surface area contributed by atoms with Gasteiger partial charge in [0.25, 0.3) is 0 Å². The number of fused-ring (bicyclic) bond motifs is 2. The molecule has 0 heteroatoms. The Morgan fingerprint density at radius 1 is 0.283 bits per heavy atom. The Morgan fingerprint density at radius 2 is 0.567 bits per heavy atom. The Labute approximate surface area is 355 Å². The Hall–Kier alpha value is -6.50. The Balaban J connectivity index is 1.23. The van der Waals surface area contributed by atoms with Crippen molar-refractivity contribution < 1.29 is 0 Å². The van der Waals surface area contributed by atoms with Crippen molar-refractivity contribution in [1.29, 1.82) is 0 Å². The molecule has 290 valence electrons. The predicted molar refractivity (Wildman–Crippen MR) is 255 cm³/mol. The molecular weight excluding hydrogens is 721 g/mol. The molecule has 0 amide bonds. The summed E-state index contributed by atoms with van der Waals surface area (Å²) in [5, 5.41) is 5.05. The van der Waals surface area contributed by atoms with Crippen molar-refractivity contribution in [2.24, 2.45) is 0 Å². The first-order valence-electron chi connectivity index (χ1n) is 21.7. The van der Waals surface area contributed by atoms with Crippen LogP contribution in [0, 0.1) is 0 Å². The first kappa shape index (κ1) is 36.6. The second-order valence-corrected chi connectivity index (χ2v) is 19.3. The van der Waals surface area contributed by atoms with Gasteiger partial charge in [0.1, 0.15) is 0 Å². The normalized spacial score (nSPS) is 15.5. The molecule has 0 unspecified atom stereocenters. The van der Waals surface area contributed by atoms with E-state index in [1.54, 1.807) is 0 Å². The summed E-state index contributed by atoms with van der Waals surface area (Å²) in [6, 6.07) is 69.7. The fourth-order valence-electron chi connectivity index (χ4n) is 10.5. The van der Waals surface area contributed by atoms with Crippen molar-refractivity contribution in [3.63, 3.8) is 0 Å². The fraction of sp³-hybridized carbons (Fsp3) is 0.167. The third kappa shape index (κ3) is 5.80. The van der Waals surface area contributed by atoms with Gasteiger partial charge in [-0.25, -0.2) is 0 Å². The molecule has 0 atom stereocenters. The molecule has 0 heterocycles. The average Bonchev–Trinajstić information content (AvgIpc) is 3.27. The van der Waals surface area contributed by atoms with Gasteiger partial charge in [-0.1, -0.05) is 199 Å². The van der Waals surface area contributed by atoms with Gasteiger partial charge in [0.05, 0.1) is 0 Å². The summed E-state index contributed by atoms with van der Waals surface area (Å²) >= 11 is 0. The van der Waals surface area contributed by atoms with E-state index >= 15 is 0 Å². The van der Waals surface area contributed by atoms with Crippen molar-refractivity contribution in [3.8, 4) is 44.5 Å². The smallest absolute Gasteiger partial charge is 0.0355 e. The van der Waals surface area contributed by atoms with Crippen molar-refractivity contribution in [1.82, 2.24) is 0 Å². The molecule has 0 aromatic heterocycles. The molecule has 3 aliphatic rings. The van der Waals surface area contributed by atoms with Crippen LogP contribution in [0.5, 0.6) is 0 Å². The highest BCUT2D eigenvalue weighted by molar-refractivity contribution is 6.01. The van der Waals surface area contributed by atoms with E-state index in [0.717, 1.165) is 0 Å². The second-order valence-electron chi connectivity index (χ2n) is 19.3. The molecule has 0 nitrogen and oxygen atoms in total. The monoisotopic (exact) mass is 770 g/mol. The van der Waals surface area contributed by atoms with E-state index in [1.807, 2.05) is 0 Å². The summed E-state index contributed by atoms with van der Waals surface area (Å²) in [5.41, 5.74) is 21.7. The zero-order valence-electron chi connectivity index (χ0n) is 35.5. The van der Waals surface area contributed by atoms with Crippen LogP contribution in [0.3, 0.4) is 0 Å². The highest BCUT2D eigenvalue weighted by Gasteiger charge is 2.44. The SMILES string of the molecule is CC(C)(C)c1ccc(-c2cc3ccccc3cc2-c2ccc(-c3cc4ccccc4cc3-c3ccc(C(C)(C)C)cc3)c3c2C2c4ccccc4C3c3ccccc32)cc1. The van der Waals surface area contributed by atoms with Crippen LogP contribution < -0.4 is 0 Å². The van der Waals surface area contributed by atoms with Crippen LogP contribution in [0.2, 0.25) is 0 Å². The molecule has 0 saturated heterocycles. The highest BCUT2D eigenvalue weighted by atomic mass is 14.5. The quantitative estimate of drug-likeness (QED) is 0.167. The summed E-state index contributed by atoms with van der Waals surface area (Å²) in [6.45, 7) is 13.8. The zero-order chi connectivity index (χ0) is 40.9. The maximum atomic E-state index is 2.47. The first-order valence-corrected chi connectivity index (χ1v) is 21.7. The molecule has 9 aromatic carbocycles. The first-order chi connectivity index (χ1) is 29.0. The molecule has 0 spiro atoms. The minimum atomic E-state index is 0.0793. The Bertz CT molecular complexity index is 2880. The third-order valence-corrected chi connectivity index (χ3v) is 13.6. The van der Waals surface area contributed by atoms with Crippen LogP contribution in [-0.4, -0.2) is 0 Å². The van der Waals surface area contributed by atoms with E-state index in [2.05, 4.69) is 224 Å². The molecule has 0 fully saturated rings. The lowest BCUT2D eigenvalue weighted by Gasteiger charge is -2.44. The molecule has 0 N–H and O–H groups in total. The van der Waals surface area contributed by atoms with Gasteiger partial charge in [-0.2, -0.15) is 0 Å². The maximum Gasteiger partial charge on any atom is 0.0355 e. The summed E-state index contributed by atoms with van der Waals surface area (Å²) in [6.07, 6.45) is 0. The number of rotatable bonds is 4. The molecule has 12 rings (SSSR count). The maximum absolute atomic E-state index is 2.47. The van der Waals surface area contributed by atoms with Gasteiger partial charge in [0.2, 0.25) is 0 Å². The zero-order valence-corrected chi connectivity index (χ0v) is 35.5. The summed E-state index contributed by atoms with van der Waals surface area (Å²) in [7, 11) is 0. The molecule has 9 aromatic rings. The summed E-state index contributed by atoms with van der Waals surface area (Å²) in [4.78, 5) is 0. The van der Waals surface area contributed by atoms with Crippen LogP contribution in [0.1, 0.15) is 97.9 Å². The molecule has 0 aliphatic heterocycles. The van der Waals surface area contributed by atoms with Gasteiger partial charge in [0, 0.05) is 11.8 Å². The van der Waals surface area contributed by atoms with E-state index in [-0.39, 0.29) is 22.7 Å². The van der Waals surface area contributed by atoms with Gasteiger partial charge in [-0.15, -0.1) is 0 Å². The third-order valence-electron chi connectivity index (χ3n) is 13.6. The lowest BCUT2D eigenvalue weighted by atomic mass is 9.58. The topological polar surface area (TPSA) is 0 Å². The largest absolute Gasteiger partial charge is 0.0619 e. The average molecular weight is 771 g/mol. The Morgan fingerprint density at radius 3 is 0.867 bits per heavy atom. The molecule has 3 aliphatic carbocycles. The molecule has 0 radical (unpaired) electrons.